The molecule has 0 spiro atoms. The lowest BCUT2D eigenvalue weighted by Crippen LogP contribution is -2.02. The van der Waals surface area contributed by atoms with Crippen molar-refractivity contribution < 1.29 is 9.47 Å². The van der Waals surface area contributed by atoms with Crippen molar-refractivity contribution in [1.82, 2.24) is 0 Å². The van der Waals surface area contributed by atoms with E-state index in [2.05, 4.69) is 12.1 Å². The molecule has 3 rings (SSSR count). The summed E-state index contributed by atoms with van der Waals surface area (Å²) in [4.78, 5) is 2.41. The number of ether oxygens (including phenoxy) is 2. The summed E-state index contributed by atoms with van der Waals surface area (Å²) in [6, 6.07) is 12.4. The van der Waals surface area contributed by atoms with Gasteiger partial charge in [0, 0.05) is 0 Å². The zero-order valence-electron chi connectivity index (χ0n) is 10.4. The summed E-state index contributed by atoms with van der Waals surface area (Å²) in [6.07, 6.45) is 0.937. The maximum Gasteiger partial charge on any atom is 0.133 e. The van der Waals surface area contributed by atoms with Crippen LogP contribution in [0.4, 0.5) is 0 Å². The summed E-state index contributed by atoms with van der Waals surface area (Å²) >= 11 is 1.73. The monoisotopic (exact) mass is 258 g/mol. The molecule has 0 saturated heterocycles. The van der Waals surface area contributed by atoms with E-state index in [0.29, 0.717) is 0 Å². The van der Waals surface area contributed by atoms with Gasteiger partial charge >= 0.3 is 0 Å². The second-order valence-corrected chi connectivity index (χ2v) is 5.20. The maximum atomic E-state index is 5.44. The van der Waals surface area contributed by atoms with Crippen molar-refractivity contribution in [3.63, 3.8) is 0 Å². The van der Waals surface area contributed by atoms with Crippen LogP contribution in [0.3, 0.4) is 0 Å². The molecule has 1 aliphatic rings. The van der Waals surface area contributed by atoms with Gasteiger partial charge in [-0.1, -0.05) is 36.0 Å². The Morgan fingerprint density at radius 3 is 1.78 bits per heavy atom. The van der Waals surface area contributed by atoms with Crippen molar-refractivity contribution in [2.45, 2.75) is 16.2 Å². The van der Waals surface area contributed by atoms with Gasteiger partial charge in [-0.25, -0.2) is 0 Å². The minimum absolute atomic E-state index is 0.937. The third-order valence-electron chi connectivity index (χ3n) is 3.15. The van der Waals surface area contributed by atoms with E-state index in [1.165, 1.54) is 20.9 Å². The summed E-state index contributed by atoms with van der Waals surface area (Å²) in [5.41, 5.74) is 2.64. The number of methoxy groups -OCH3 is 2. The Hall–Kier alpha value is -1.61. The molecular weight excluding hydrogens is 244 g/mol. The van der Waals surface area contributed by atoms with E-state index in [1.54, 1.807) is 26.0 Å². The molecule has 0 unspecified atom stereocenters. The number of hydrogen-bond acceptors (Lipinski definition) is 3. The number of rotatable bonds is 2. The van der Waals surface area contributed by atoms with Gasteiger partial charge in [0.2, 0.25) is 0 Å². The maximum absolute atomic E-state index is 5.44. The molecule has 2 aromatic carbocycles. The first-order chi connectivity index (χ1) is 8.83. The fraction of sp³-hybridized carbons (Fsp3) is 0.200. The molecule has 0 aliphatic carbocycles. The van der Waals surface area contributed by atoms with Gasteiger partial charge in [0.05, 0.1) is 24.0 Å². The van der Waals surface area contributed by atoms with Crippen LogP contribution in [0.1, 0.15) is 11.1 Å². The largest absolute Gasteiger partial charge is 0.496 e. The van der Waals surface area contributed by atoms with Gasteiger partial charge in [0.15, 0.2) is 0 Å². The highest BCUT2D eigenvalue weighted by atomic mass is 32.2. The molecule has 0 fully saturated rings. The van der Waals surface area contributed by atoms with Crippen LogP contribution in [0.15, 0.2) is 46.2 Å². The first-order valence-electron chi connectivity index (χ1n) is 5.83. The van der Waals surface area contributed by atoms with Crippen LogP contribution in [-0.2, 0) is 6.42 Å². The molecule has 2 nitrogen and oxygen atoms in total. The third kappa shape index (κ3) is 1.75. The van der Waals surface area contributed by atoms with Crippen LogP contribution >= 0.6 is 11.8 Å². The van der Waals surface area contributed by atoms with Crippen molar-refractivity contribution >= 4 is 11.8 Å². The zero-order chi connectivity index (χ0) is 12.5. The van der Waals surface area contributed by atoms with Gasteiger partial charge in [0.25, 0.3) is 0 Å². The lowest BCUT2D eigenvalue weighted by Gasteiger charge is -2.22. The van der Waals surface area contributed by atoms with E-state index in [1.807, 2.05) is 24.3 Å². The summed E-state index contributed by atoms with van der Waals surface area (Å²) < 4.78 is 10.9. The van der Waals surface area contributed by atoms with Crippen molar-refractivity contribution in [1.29, 1.82) is 0 Å². The lowest BCUT2D eigenvalue weighted by atomic mass is 10.0. The predicted octanol–water partition coefficient (Wildman–Crippen LogP) is 3.76. The van der Waals surface area contributed by atoms with Crippen LogP contribution in [0, 0.1) is 0 Å². The Morgan fingerprint density at radius 2 is 1.33 bits per heavy atom. The molecule has 2 aromatic rings. The van der Waals surface area contributed by atoms with Gasteiger partial charge in [-0.2, -0.15) is 0 Å². The van der Waals surface area contributed by atoms with E-state index < -0.39 is 0 Å². The smallest absolute Gasteiger partial charge is 0.133 e. The number of hydrogen-bond donors (Lipinski definition) is 0. The predicted molar refractivity (Wildman–Crippen MR) is 72.9 cm³/mol. The van der Waals surface area contributed by atoms with E-state index in [0.717, 1.165) is 17.9 Å². The first kappa shape index (κ1) is 11.5. The average molecular weight is 258 g/mol. The topological polar surface area (TPSA) is 18.5 Å². The van der Waals surface area contributed by atoms with Crippen LogP contribution in [0.5, 0.6) is 11.5 Å². The molecule has 0 radical (unpaired) electrons. The van der Waals surface area contributed by atoms with Gasteiger partial charge in [0.1, 0.15) is 11.5 Å². The Bertz CT molecular complexity index is 542. The van der Waals surface area contributed by atoms with Crippen LogP contribution in [0.2, 0.25) is 0 Å². The molecule has 0 saturated carbocycles. The van der Waals surface area contributed by atoms with Gasteiger partial charge in [-0.05, 0) is 29.7 Å². The highest BCUT2D eigenvalue weighted by Crippen LogP contribution is 2.47. The average Bonchev–Trinajstić information content (AvgIpc) is 2.43. The summed E-state index contributed by atoms with van der Waals surface area (Å²) in [7, 11) is 3.43. The summed E-state index contributed by atoms with van der Waals surface area (Å²) in [5, 5.41) is 0. The van der Waals surface area contributed by atoms with Crippen molar-refractivity contribution in [2.75, 3.05) is 14.2 Å². The molecular formula is C15H14O2S. The standard InChI is InChI=1S/C15H14O2S/c1-16-12-7-3-5-10-9-11-6-4-8-13(17-2)15(11)18-14(10)12/h3-8H,9H2,1-2H3. The van der Waals surface area contributed by atoms with Crippen LogP contribution < -0.4 is 9.47 Å². The van der Waals surface area contributed by atoms with E-state index in [9.17, 15) is 0 Å². The number of fused-ring (bicyclic) bond motifs is 2. The van der Waals surface area contributed by atoms with Gasteiger partial charge < -0.3 is 9.47 Å². The lowest BCUT2D eigenvalue weighted by molar-refractivity contribution is 0.400. The molecule has 0 amide bonds. The van der Waals surface area contributed by atoms with Crippen molar-refractivity contribution in [2.24, 2.45) is 0 Å². The van der Waals surface area contributed by atoms with Crippen LogP contribution in [0.25, 0.3) is 0 Å². The molecule has 18 heavy (non-hydrogen) atoms. The fourth-order valence-electron chi connectivity index (χ4n) is 2.26. The molecule has 0 aromatic heterocycles. The van der Waals surface area contributed by atoms with Crippen molar-refractivity contribution in [3.8, 4) is 11.5 Å². The molecule has 0 bridgehead atoms. The van der Waals surface area contributed by atoms with E-state index >= 15 is 0 Å². The minimum Gasteiger partial charge on any atom is -0.496 e. The number of benzene rings is 2. The van der Waals surface area contributed by atoms with Crippen LogP contribution in [-0.4, -0.2) is 14.2 Å². The molecule has 1 heterocycles. The Kier molecular flexibility index (Phi) is 2.92. The SMILES string of the molecule is COc1cccc2c1Sc1c(cccc1OC)C2. The molecule has 92 valence electrons. The second-order valence-electron chi connectivity index (χ2n) is 4.18. The summed E-state index contributed by atoms with van der Waals surface area (Å²) in [5.74, 6) is 1.88. The second kappa shape index (κ2) is 4.58. The van der Waals surface area contributed by atoms with E-state index in [4.69, 9.17) is 9.47 Å². The summed E-state index contributed by atoms with van der Waals surface area (Å²) in [6.45, 7) is 0. The van der Waals surface area contributed by atoms with Gasteiger partial charge in [-0.3, -0.25) is 0 Å². The van der Waals surface area contributed by atoms with Crippen molar-refractivity contribution in [3.05, 3.63) is 47.5 Å². The molecule has 3 heteroatoms. The highest BCUT2D eigenvalue weighted by molar-refractivity contribution is 7.99. The Balaban J connectivity index is 2.12. The Labute approximate surface area is 111 Å². The molecule has 0 N–H and O–H groups in total. The molecule has 1 aliphatic heterocycles. The third-order valence-corrected chi connectivity index (χ3v) is 4.48. The Morgan fingerprint density at radius 1 is 0.833 bits per heavy atom. The normalized spacial score (nSPS) is 12.6. The first-order valence-corrected chi connectivity index (χ1v) is 6.64. The quantitative estimate of drug-likeness (QED) is 0.697. The highest BCUT2D eigenvalue weighted by Gasteiger charge is 2.21. The minimum atomic E-state index is 0.937. The fourth-order valence-corrected chi connectivity index (χ4v) is 3.51. The molecule has 0 atom stereocenters. The van der Waals surface area contributed by atoms with E-state index in [-0.39, 0.29) is 0 Å². The zero-order valence-corrected chi connectivity index (χ0v) is 11.2. The van der Waals surface area contributed by atoms with Gasteiger partial charge in [-0.15, -0.1) is 0 Å².